The van der Waals surface area contributed by atoms with Crippen molar-refractivity contribution in [1.29, 1.82) is 0 Å². The first kappa shape index (κ1) is 22.3. The third-order valence-electron chi connectivity index (χ3n) is 4.40. The molecule has 0 aromatic heterocycles. The van der Waals surface area contributed by atoms with Crippen molar-refractivity contribution in [2.45, 2.75) is 110 Å². The van der Waals surface area contributed by atoms with Gasteiger partial charge in [-0.2, -0.15) is 11.8 Å². The van der Waals surface area contributed by atoms with Crippen LogP contribution < -0.4 is 5.73 Å². The Labute approximate surface area is 145 Å². The van der Waals surface area contributed by atoms with E-state index in [2.05, 4.69) is 6.92 Å². The summed E-state index contributed by atoms with van der Waals surface area (Å²) in [6, 6.07) is 0. The minimum absolute atomic E-state index is 0.837. The molecule has 0 aliphatic rings. The molecule has 0 bridgehead atoms. The van der Waals surface area contributed by atoms with Crippen LogP contribution in [0.4, 0.5) is 0 Å². The molecule has 0 aromatic rings. The van der Waals surface area contributed by atoms with Crippen LogP contribution in [0.1, 0.15) is 110 Å². The number of unbranched alkanes of at least 4 members (excludes halogenated alkanes) is 15. The van der Waals surface area contributed by atoms with Gasteiger partial charge in [0.1, 0.15) is 0 Å². The second-order valence-electron chi connectivity index (χ2n) is 6.70. The first-order valence-corrected chi connectivity index (χ1v) is 11.3. The van der Waals surface area contributed by atoms with Gasteiger partial charge in [0.25, 0.3) is 0 Å². The van der Waals surface area contributed by atoms with E-state index in [1.54, 1.807) is 0 Å². The van der Waals surface area contributed by atoms with E-state index < -0.39 is 0 Å². The Morgan fingerprint density at radius 2 is 0.864 bits per heavy atom. The van der Waals surface area contributed by atoms with E-state index in [1.807, 2.05) is 11.8 Å². The van der Waals surface area contributed by atoms with Gasteiger partial charge in [-0.1, -0.05) is 103 Å². The van der Waals surface area contributed by atoms with Gasteiger partial charge in [-0.05, 0) is 12.2 Å². The predicted octanol–water partition coefficient (Wildman–Crippen LogP) is 6.94. The number of hydrogen-bond donors (Lipinski definition) is 1. The average molecular weight is 330 g/mol. The summed E-state index contributed by atoms with van der Waals surface area (Å²) in [5, 5.41) is 0. The normalized spacial score (nSPS) is 11.2. The van der Waals surface area contributed by atoms with E-state index >= 15 is 0 Å². The molecule has 2 N–H and O–H groups in total. The molecule has 0 fully saturated rings. The molecule has 0 aliphatic heterocycles. The highest BCUT2D eigenvalue weighted by molar-refractivity contribution is 7.99. The van der Waals surface area contributed by atoms with Crippen LogP contribution in [0.2, 0.25) is 0 Å². The fraction of sp³-hybridized carbons (Fsp3) is 1.00. The van der Waals surface area contributed by atoms with Crippen molar-refractivity contribution >= 4 is 11.8 Å². The quantitative estimate of drug-likeness (QED) is 0.260. The fourth-order valence-corrected chi connectivity index (χ4v) is 3.72. The maximum Gasteiger partial charge on any atom is 0.00558 e. The summed E-state index contributed by atoms with van der Waals surface area (Å²) in [6.45, 7) is 3.13. The molecule has 0 radical (unpaired) electrons. The Bertz CT molecular complexity index is 165. The maximum atomic E-state index is 5.48. The van der Waals surface area contributed by atoms with E-state index in [0.29, 0.717) is 0 Å². The van der Waals surface area contributed by atoms with Gasteiger partial charge in [0.2, 0.25) is 0 Å². The van der Waals surface area contributed by atoms with Crippen molar-refractivity contribution in [3.05, 3.63) is 0 Å². The smallest absolute Gasteiger partial charge is 0.00558 e. The molecular formula is C20H43NS. The van der Waals surface area contributed by atoms with Gasteiger partial charge in [0.05, 0.1) is 0 Å². The van der Waals surface area contributed by atoms with Crippen LogP contribution in [0, 0.1) is 0 Å². The van der Waals surface area contributed by atoms with Crippen LogP contribution in [-0.2, 0) is 0 Å². The van der Waals surface area contributed by atoms with Gasteiger partial charge in [0.15, 0.2) is 0 Å². The molecular weight excluding hydrogens is 286 g/mol. The number of hydrogen-bond acceptors (Lipinski definition) is 2. The van der Waals surface area contributed by atoms with Crippen LogP contribution in [-0.4, -0.2) is 18.1 Å². The molecule has 0 spiro atoms. The fourth-order valence-electron chi connectivity index (χ4n) is 2.94. The van der Waals surface area contributed by atoms with E-state index in [0.717, 1.165) is 12.3 Å². The summed E-state index contributed by atoms with van der Waals surface area (Å²) in [5.74, 6) is 2.45. The molecule has 0 saturated carbocycles. The van der Waals surface area contributed by atoms with Gasteiger partial charge in [-0.3, -0.25) is 0 Å². The summed E-state index contributed by atoms with van der Waals surface area (Å²) in [7, 11) is 0. The largest absolute Gasteiger partial charge is 0.330 e. The maximum absolute atomic E-state index is 5.48. The van der Waals surface area contributed by atoms with E-state index in [1.165, 1.54) is 108 Å². The van der Waals surface area contributed by atoms with Crippen LogP contribution in [0.25, 0.3) is 0 Å². The topological polar surface area (TPSA) is 26.0 Å². The lowest BCUT2D eigenvalue weighted by Gasteiger charge is -2.03. The lowest BCUT2D eigenvalue weighted by Crippen LogP contribution is -2.01. The lowest BCUT2D eigenvalue weighted by atomic mass is 10.0. The lowest BCUT2D eigenvalue weighted by molar-refractivity contribution is 0.531. The highest BCUT2D eigenvalue weighted by Crippen LogP contribution is 2.14. The average Bonchev–Trinajstić information content (AvgIpc) is 2.54. The Morgan fingerprint density at radius 3 is 1.23 bits per heavy atom. The van der Waals surface area contributed by atoms with Crippen molar-refractivity contribution in [2.24, 2.45) is 5.73 Å². The third kappa shape index (κ3) is 20.3. The highest BCUT2D eigenvalue weighted by Gasteiger charge is 1.94. The van der Waals surface area contributed by atoms with Crippen LogP contribution in [0.3, 0.4) is 0 Å². The molecule has 22 heavy (non-hydrogen) atoms. The van der Waals surface area contributed by atoms with Gasteiger partial charge < -0.3 is 5.73 Å². The second kappa shape index (κ2) is 21.3. The summed E-state index contributed by atoms with van der Waals surface area (Å²) >= 11 is 2.01. The molecule has 0 atom stereocenters. The van der Waals surface area contributed by atoms with Crippen LogP contribution in [0.15, 0.2) is 0 Å². The van der Waals surface area contributed by atoms with Gasteiger partial charge in [-0.15, -0.1) is 0 Å². The molecule has 2 heteroatoms. The summed E-state index contributed by atoms with van der Waals surface area (Å²) in [6.07, 6.45) is 23.3. The summed E-state index contributed by atoms with van der Waals surface area (Å²) in [4.78, 5) is 0. The molecule has 0 rings (SSSR count). The van der Waals surface area contributed by atoms with Crippen molar-refractivity contribution in [3.63, 3.8) is 0 Å². The zero-order chi connectivity index (χ0) is 16.1. The number of rotatable bonds is 19. The number of nitrogens with two attached hydrogens (primary N) is 1. The summed E-state index contributed by atoms with van der Waals surface area (Å²) < 4.78 is 0. The standard InChI is InChI=1S/C20H43NS/c1-2-3-4-5-6-7-8-9-10-11-12-13-14-15-16-17-19-22-20-18-21/h2-21H2,1H3. The molecule has 0 heterocycles. The minimum atomic E-state index is 0.837. The SMILES string of the molecule is CCCCCCCCCCCCCCCCCCSCCN. The molecule has 0 unspecified atom stereocenters. The highest BCUT2D eigenvalue weighted by atomic mass is 32.2. The van der Waals surface area contributed by atoms with Crippen LogP contribution in [0.5, 0.6) is 0 Å². The first-order valence-electron chi connectivity index (χ1n) is 10.2. The third-order valence-corrected chi connectivity index (χ3v) is 5.51. The Balaban J connectivity index is 2.91. The predicted molar refractivity (Wildman–Crippen MR) is 106 cm³/mol. The zero-order valence-corrected chi connectivity index (χ0v) is 16.2. The van der Waals surface area contributed by atoms with Crippen molar-refractivity contribution < 1.29 is 0 Å². The Hall–Kier alpha value is 0.310. The monoisotopic (exact) mass is 329 g/mol. The molecule has 0 amide bonds. The van der Waals surface area contributed by atoms with E-state index in [4.69, 9.17) is 5.73 Å². The molecule has 1 nitrogen and oxygen atoms in total. The molecule has 0 aromatic carbocycles. The second-order valence-corrected chi connectivity index (χ2v) is 7.93. The zero-order valence-electron chi connectivity index (χ0n) is 15.4. The van der Waals surface area contributed by atoms with Gasteiger partial charge >= 0.3 is 0 Å². The minimum Gasteiger partial charge on any atom is -0.330 e. The molecule has 0 saturated heterocycles. The van der Waals surface area contributed by atoms with Crippen molar-refractivity contribution in [3.8, 4) is 0 Å². The Morgan fingerprint density at radius 1 is 0.500 bits per heavy atom. The summed E-state index contributed by atoms with van der Waals surface area (Å²) in [5.41, 5.74) is 5.48. The first-order chi connectivity index (χ1) is 10.9. The van der Waals surface area contributed by atoms with E-state index in [9.17, 15) is 0 Å². The molecule has 0 aliphatic carbocycles. The number of thioether (sulfide) groups is 1. The van der Waals surface area contributed by atoms with E-state index in [-0.39, 0.29) is 0 Å². The van der Waals surface area contributed by atoms with Crippen molar-refractivity contribution in [2.75, 3.05) is 18.1 Å². The Kier molecular flexibility index (Phi) is 21.6. The molecule has 134 valence electrons. The van der Waals surface area contributed by atoms with Gasteiger partial charge in [0, 0.05) is 12.3 Å². The van der Waals surface area contributed by atoms with Gasteiger partial charge in [-0.25, -0.2) is 0 Å². The van der Waals surface area contributed by atoms with Crippen molar-refractivity contribution in [1.82, 2.24) is 0 Å². The van der Waals surface area contributed by atoms with Crippen LogP contribution >= 0.6 is 11.8 Å².